The molecule has 0 bridgehead atoms. The van der Waals surface area contributed by atoms with Crippen LogP contribution in [0.5, 0.6) is 0 Å². The highest BCUT2D eigenvalue weighted by atomic mass is 15.1. The van der Waals surface area contributed by atoms with Crippen LogP contribution >= 0.6 is 0 Å². The van der Waals surface area contributed by atoms with Crippen LogP contribution in [-0.4, -0.2) is 9.55 Å². The molecule has 0 radical (unpaired) electrons. The first-order valence-electron chi connectivity index (χ1n) is 6.23. The summed E-state index contributed by atoms with van der Waals surface area (Å²) in [6.07, 6.45) is 2.46. The van der Waals surface area contributed by atoms with Gasteiger partial charge in [-0.05, 0) is 44.2 Å². The van der Waals surface area contributed by atoms with Crippen LogP contribution in [0, 0.1) is 12.8 Å². The zero-order chi connectivity index (χ0) is 12.2. The van der Waals surface area contributed by atoms with Crippen LogP contribution in [0.1, 0.15) is 31.2 Å². The predicted molar refractivity (Wildman–Crippen MR) is 69.7 cm³/mol. The normalized spacial score (nSPS) is 19.5. The lowest BCUT2D eigenvalue weighted by Gasteiger charge is -2.23. The topological polar surface area (TPSA) is 43.8 Å². The molecule has 2 N–H and O–H groups in total. The summed E-state index contributed by atoms with van der Waals surface area (Å²) in [5.74, 6) is 1.61. The van der Waals surface area contributed by atoms with Gasteiger partial charge in [0, 0.05) is 7.05 Å². The van der Waals surface area contributed by atoms with Crippen LogP contribution in [0.3, 0.4) is 0 Å². The molecule has 1 saturated carbocycles. The summed E-state index contributed by atoms with van der Waals surface area (Å²) in [5.41, 5.74) is 9.71. The maximum atomic E-state index is 6.47. The van der Waals surface area contributed by atoms with Gasteiger partial charge in [0.05, 0.1) is 16.6 Å². The van der Waals surface area contributed by atoms with E-state index >= 15 is 0 Å². The van der Waals surface area contributed by atoms with Crippen LogP contribution in [-0.2, 0) is 12.6 Å². The SMILES string of the molecule is Cc1cccc2nc(C(C)(N)C3CC3)n(C)c12. The van der Waals surface area contributed by atoms with Gasteiger partial charge in [0.1, 0.15) is 5.82 Å². The van der Waals surface area contributed by atoms with Crippen molar-refractivity contribution in [2.45, 2.75) is 32.2 Å². The molecule has 0 spiro atoms. The van der Waals surface area contributed by atoms with Gasteiger partial charge >= 0.3 is 0 Å². The molecule has 1 heterocycles. The Hall–Kier alpha value is -1.35. The van der Waals surface area contributed by atoms with Gasteiger partial charge in [0.25, 0.3) is 0 Å². The molecule has 2 aromatic rings. The molecule has 17 heavy (non-hydrogen) atoms. The Balaban J connectivity index is 2.24. The molecule has 3 rings (SSSR count). The number of aromatic nitrogens is 2. The van der Waals surface area contributed by atoms with Crippen molar-refractivity contribution in [3.8, 4) is 0 Å². The Morgan fingerprint density at radius 1 is 1.41 bits per heavy atom. The van der Waals surface area contributed by atoms with E-state index in [2.05, 4.69) is 43.7 Å². The standard InChI is InChI=1S/C14H19N3/c1-9-5-4-6-11-12(9)17(3)13(16-11)14(2,15)10-7-8-10/h4-6,10H,7-8,15H2,1-3H3. The molecule has 0 amide bonds. The number of hydrogen-bond donors (Lipinski definition) is 1. The lowest BCUT2D eigenvalue weighted by Crippen LogP contribution is -2.38. The predicted octanol–water partition coefficient (Wildman–Crippen LogP) is 2.47. The van der Waals surface area contributed by atoms with Gasteiger partial charge in [-0.1, -0.05) is 12.1 Å². The smallest absolute Gasteiger partial charge is 0.129 e. The second-order valence-electron chi connectivity index (χ2n) is 5.49. The van der Waals surface area contributed by atoms with E-state index in [1.807, 2.05) is 0 Å². The molecule has 3 heteroatoms. The van der Waals surface area contributed by atoms with E-state index in [9.17, 15) is 0 Å². The monoisotopic (exact) mass is 229 g/mol. The van der Waals surface area contributed by atoms with Gasteiger partial charge in [-0.3, -0.25) is 0 Å². The number of nitrogens with zero attached hydrogens (tertiary/aromatic N) is 2. The summed E-state index contributed by atoms with van der Waals surface area (Å²) in [7, 11) is 2.07. The molecule has 1 unspecified atom stereocenters. The van der Waals surface area contributed by atoms with E-state index in [4.69, 9.17) is 10.7 Å². The van der Waals surface area contributed by atoms with Crippen LogP contribution < -0.4 is 5.73 Å². The van der Waals surface area contributed by atoms with Crippen molar-refractivity contribution in [3.63, 3.8) is 0 Å². The fourth-order valence-corrected chi connectivity index (χ4v) is 2.81. The molecule has 1 atom stereocenters. The fraction of sp³-hybridized carbons (Fsp3) is 0.500. The lowest BCUT2D eigenvalue weighted by atomic mass is 9.96. The van der Waals surface area contributed by atoms with E-state index in [1.54, 1.807) is 0 Å². The minimum Gasteiger partial charge on any atom is -0.329 e. The van der Waals surface area contributed by atoms with Crippen molar-refractivity contribution in [1.29, 1.82) is 0 Å². The molecule has 1 aromatic heterocycles. The Morgan fingerprint density at radius 3 is 2.71 bits per heavy atom. The van der Waals surface area contributed by atoms with Crippen LogP contribution in [0.4, 0.5) is 0 Å². The first-order chi connectivity index (χ1) is 8.01. The van der Waals surface area contributed by atoms with Crippen LogP contribution in [0.15, 0.2) is 18.2 Å². The average Bonchev–Trinajstić information content (AvgIpc) is 3.05. The molecular weight excluding hydrogens is 210 g/mol. The highest BCUT2D eigenvalue weighted by Gasteiger charge is 2.42. The van der Waals surface area contributed by atoms with Crippen molar-refractivity contribution in [2.75, 3.05) is 0 Å². The van der Waals surface area contributed by atoms with Crippen molar-refractivity contribution >= 4 is 11.0 Å². The third-order valence-electron chi connectivity index (χ3n) is 4.00. The average molecular weight is 229 g/mol. The number of imidazole rings is 1. The third-order valence-corrected chi connectivity index (χ3v) is 4.00. The largest absolute Gasteiger partial charge is 0.329 e. The first kappa shape index (κ1) is 10.8. The van der Waals surface area contributed by atoms with E-state index in [-0.39, 0.29) is 5.54 Å². The number of hydrogen-bond acceptors (Lipinski definition) is 2. The van der Waals surface area contributed by atoms with Crippen LogP contribution in [0.25, 0.3) is 11.0 Å². The summed E-state index contributed by atoms with van der Waals surface area (Å²) in [6, 6.07) is 6.24. The highest BCUT2D eigenvalue weighted by molar-refractivity contribution is 5.79. The van der Waals surface area contributed by atoms with Crippen molar-refractivity contribution < 1.29 is 0 Å². The van der Waals surface area contributed by atoms with E-state index in [1.165, 1.54) is 23.9 Å². The summed E-state index contributed by atoms with van der Waals surface area (Å²) >= 11 is 0. The Morgan fingerprint density at radius 2 is 2.12 bits per heavy atom. The number of fused-ring (bicyclic) bond motifs is 1. The maximum absolute atomic E-state index is 6.47. The Kier molecular flexibility index (Phi) is 2.11. The molecular formula is C14H19N3. The zero-order valence-corrected chi connectivity index (χ0v) is 10.7. The lowest BCUT2D eigenvalue weighted by molar-refractivity contribution is 0.391. The Labute approximate surface area is 102 Å². The molecule has 1 aromatic carbocycles. The van der Waals surface area contributed by atoms with Gasteiger partial charge in [-0.2, -0.15) is 0 Å². The number of aryl methyl sites for hydroxylation is 2. The van der Waals surface area contributed by atoms with E-state index < -0.39 is 0 Å². The minimum atomic E-state index is -0.291. The molecule has 1 aliphatic carbocycles. The first-order valence-corrected chi connectivity index (χ1v) is 6.23. The van der Waals surface area contributed by atoms with Gasteiger partial charge in [-0.15, -0.1) is 0 Å². The second kappa shape index (κ2) is 3.33. The molecule has 0 aliphatic heterocycles. The zero-order valence-electron chi connectivity index (χ0n) is 10.7. The molecule has 1 aliphatic rings. The molecule has 3 nitrogen and oxygen atoms in total. The summed E-state index contributed by atoms with van der Waals surface area (Å²) in [4.78, 5) is 4.74. The molecule has 90 valence electrons. The van der Waals surface area contributed by atoms with E-state index in [0.717, 1.165) is 11.3 Å². The minimum absolute atomic E-state index is 0.291. The van der Waals surface area contributed by atoms with Crippen LogP contribution in [0.2, 0.25) is 0 Å². The molecule has 1 fully saturated rings. The Bertz CT molecular complexity index is 576. The van der Waals surface area contributed by atoms with Crippen molar-refractivity contribution in [3.05, 3.63) is 29.6 Å². The number of nitrogens with two attached hydrogens (primary N) is 1. The van der Waals surface area contributed by atoms with Gasteiger partial charge in [0.15, 0.2) is 0 Å². The van der Waals surface area contributed by atoms with E-state index in [0.29, 0.717) is 5.92 Å². The highest BCUT2D eigenvalue weighted by Crippen LogP contribution is 2.43. The third kappa shape index (κ3) is 1.49. The molecule has 0 saturated heterocycles. The second-order valence-corrected chi connectivity index (χ2v) is 5.49. The number of para-hydroxylation sites is 1. The summed E-state index contributed by atoms with van der Waals surface area (Å²) in [5, 5.41) is 0. The quantitative estimate of drug-likeness (QED) is 0.859. The summed E-state index contributed by atoms with van der Waals surface area (Å²) in [6.45, 7) is 4.24. The van der Waals surface area contributed by atoms with Gasteiger partial charge in [0.2, 0.25) is 0 Å². The fourth-order valence-electron chi connectivity index (χ4n) is 2.81. The van der Waals surface area contributed by atoms with Crippen molar-refractivity contribution in [1.82, 2.24) is 9.55 Å². The number of rotatable bonds is 2. The van der Waals surface area contributed by atoms with Crippen molar-refractivity contribution in [2.24, 2.45) is 18.7 Å². The number of benzene rings is 1. The summed E-state index contributed by atoms with van der Waals surface area (Å²) < 4.78 is 2.17. The maximum Gasteiger partial charge on any atom is 0.129 e. The van der Waals surface area contributed by atoms with Gasteiger partial charge < -0.3 is 10.3 Å². The van der Waals surface area contributed by atoms with Gasteiger partial charge in [-0.25, -0.2) is 4.98 Å².